The van der Waals surface area contributed by atoms with Crippen LogP contribution in [0.15, 0.2) is 36.4 Å². The summed E-state index contributed by atoms with van der Waals surface area (Å²) in [6.45, 7) is 3.32. The predicted octanol–water partition coefficient (Wildman–Crippen LogP) is 2.41. The lowest BCUT2D eigenvalue weighted by atomic mass is 10.1. The van der Waals surface area contributed by atoms with E-state index in [1.165, 1.54) is 11.1 Å². The maximum atomic E-state index is 12.3. The first-order valence-electron chi connectivity index (χ1n) is 7.79. The summed E-state index contributed by atoms with van der Waals surface area (Å²) in [6, 6.07) is 11.6. The van der Waals surface area contributed by atoms with Gasteiger partial charge in [0, 0.05) is 25.2 Å². The number of ether oxygens (including phenoxy) is 2. The number of fused-ring (bicyclic) bond motifs is 2. The van der Waals surface area contributed by atoms with E-state index in [1.807, 2.05) is 36.4 Å². The smallest absolute Gasteiger partial charge is 0.251 e. The van der Waals surface area contributed by atoms with Crippen LogP contribution in [0.25, 0.3) is 0 Å². The summed E-state index contributed by atoms with van der Waals surface area (Å²) in [4.78, 5) is 12.3. The molecule has 126 valence electrons. The Morgan fingerprint density at radius 3 is 2.67 bits per heavy atom. The second kappa shape index (κ2) is 7.11. The van der Waals surface area contributed by atoms with Crippen molar-refractivity contribution in [3.63, 3.8) is 0 Å². The highest BCUT2D eigenvalue weighted by Gasteiger charge is 2.14. The topological polar surface area (TPSA) is 59.6 Å². The average molecular weight is 347 g/mol. The number of hydrogen-bond acceptors (Lipinski definition) is 4. The van der Waals surface area contributed by atoms with E-state index >= 15 is 0 Å². The number of hydrogen-bond donors (Lipinski definition) is 2. The molecule has 0 aromatic heterocycles. The molecule has 6 heteroatoms. The van der Waals surface area contributed by atoms with Gasteiger partial charge in [-0.1, -0.05) is 12.1 Å². The first-order chi connectivity index (χ1) is 11.3. The number of carbonyl (C=O) groups excluding carboxylic acids is 1. The van der Waals surface area contributed by atoms with E-state index < -0.39 is 0 Å². The highest BCUT2D eigenvalue weighted by Crippen LogP contribution is 2.30. The molecule has 2 heterocycles. The summed E-state index contributed by atoms with van der Waals surface area (Å²) in [5.41, 5.74) is 4.17. The molecule has 0 fully saturated rings. The van der Waals surface area contributed by atoms with Crippen LogP contribution in [-0.4, -0.2) is 19.1 Å². The summed E-state index contributed by atoms with van der Waals surface area (Å²) in [5, 5.41) is 6.24. The van der Waals surface area contributed by atoms with Crippen LogP contribution in [-0.2, 0) is 19.6 Å². The van der Waals surface area contributed by atoms with Crippen molar-refractivity contribution in [2.45, 2.75) is 19.6 Å². The van der Waals surface area contributed by atoms with Crippen molar-refractivity contribution in [1.29, 1.82) is 0 Å². The van der Waals surface area contributed by atoms with E-state index in [9.17, 15) is 4.79 Å². The fraction of sp³-hybridized carbons (Fsp3) is 0.278. The minimum absolute atomic E-state index is 0. The van der Waals surface area contributed by atoms with Crippen LogP contribution in [0.2, 0.25) is 0 Å². The summed E-state index contributed by atoms with van der Waals surface area (Å²) in [6.07, 6.45) is 0. The predicted molar refractivity (Wildman–Crippen MR) is 92.8 cm³/mol. The molecule has 1 amide bonds. The van der Waals surface area contributed by atoms with Crippen LogP contribution in [0.3, 0.4) is 0 Å². The van der Waals surface area contributed by atoms with E-state index in [0.717, 1.165) is 30.2 Å². The second-order valence-corrected chi connectivity index (χ2v) is 5.75. The van der Waals surface area contributed by atoms with Gasteiger partial charge in [0.2, 0.25) is 0 Å². The van der Waals surface area contributed by atoms with Crippen LogP contribution >= 0.6 is 12.4 Å². The van der Waals surface area contributed by atoms with Crippen molar-refractivity contribution >= 4 is 18.3 Å². The molecular formula is C18H19ClN2O3. The fourth-order valence-corrected chi connectivity index (χ4v) is 2.92. The first-order valence-corrected chi connectivity index (χ1v) is 7.79. The van der Waals surface area contributed by atoms with Gasteiger partial charge in [0.05, 0.1) is 0 Å². The van der Waals surface area contributed by atoms with E-state index in [0.29, 0.717) is 25.3 Å². The molecular weight excluding hydrogens is 328 g/mol. The normalized spacial score (nSPS) is 14.5. The molecule has 0 aliphatic carbocycles. The van der Waals surface area contributed by atoms with Crippen molar-refractivity contribution in [2.75, 3.05) is 13.2 Å². The molecule has 5 nitrogen and oxygen atoms in total. The van der Waals surface area contributed by atoms with Gasteiger partial charge in [0.25, 0.3) is 5.91 Å². The number of benzene rings is 2. The van der Waals surface area contributed by atoms with Crippen molar-refractivity contribution in [1.82, 2.24) is 10.6 Å². The molecule has 0 radical (unpaired) electrons. The molecule has 0 unspecified atom stereocenters. The third kappa shape index (κ3) is 3.32. The molecule has 0 spiro atoms. The van der Waals surface area contributed by atoms with Gasteiger partial charge in [-0.05, 0) is 41.0 Å². The van der Waals surface area contributed by atoms with Crippen molar-refractivity contribution in [3.05, 3.63) is 58.7 Å². The Morgan fingerprint density at radius 2 is 1.79 bits per heavy atom. The monoisotopic (exact) mass is 346 g/mol. The van der Waals surface area contributed by atoms with Crippen molar-refractivity contribution < 1.29 is 14.3 Å². The Labute approximate surface area is 146 Å². The third-order valence-electron chi connectivity index (χ3n) is 4.16. The molecule has 2 aromatic carbocycles. The van der Waals surface area contributed by atoms with E-state index in [2.05, 4.69) is 10.6 Å². The molecule has 4 rings (SSSR count). The number of halogens is 1. The van der Waals surface area contributed by atoms with E-state index in [-0.39, 0.29) is 18.3 Å². The van der Waals surface area contributed by atoms with Gasteiger partial charge in [-0.25, -0.2) is 0 Å². The zero-order valence-corrected chi connectivity index (χ0v) is 13.9. The summed E-state index contributed by atoms with van der Waals surface area (Å²) >= 11 is 0. The molecule has 2 aliphatic rings. The van der Waals surface area contributed by atoms with Gasteiger partial charge in [-0.2, -0.15) is 0 Å². The minimum Gasteiger partial charge on any atom is -0.486 e. The second-order valence-electron chi connectivity index (χ2n) is 5.75. The third-order valence-corrected chi connectivity index (χ3v) is 4.16. The number of carbonyl (C=O) groups is 1. The van der Waals surface area contributed by atoms with E-state index in [4.69, 9.17) is 9.47 Å². The first kappa shape index (κ1) is 16.6. The van der Waals surface area contributed by atoms with Gasteiger partial charge < -0.3 is 20.1 Å². The van der Waals surface area contributed by atoms with Crippen LogP contribution in [0.5, 0.6) is 11.5 Å². The molecule has 24 heavy (non-hydrogen) atoms. The number of amides is 1. The zero-order valence-electron chi connectivity index (χ0n) is 13.1. The number of nitrogens with one attached hydrogen (secondary N) is 2. The maximum Gasteiger partial charge on any atom is 0.251 e. The quantitative estimate of drug-likeness (QED) is 0.896. The van der Waals surface area contributed by atoms with Crippen LogP contribution < -0.4 is 20.1 Å². The Kier molecular flexibility index (Phi) is 4.92. The lowest BCUT2D eigenvalue weighted by Gasteiger charge is -2.19. The lowest BCUT2D eigenvalue weighted by Crippen LogP contribution is -2.23. The van der Waals surface area contributed by atoms with Crippen molar-refractivity contribution in [2.24, 2.45) is 0 Å². The number of rotatable bonds is 3. The van der Waals surface area contributed by atoms with Gasteiger partial charge >= 0.3 is 0 Å². The molecule has 2 aliphatic heterocycles. The van der Waals surface area contributed by atoms with Crippen LogP contribution in [0.4, 0.5) is 0 Å². The molecule has 2 aromatic rings. The fourth-order valence-electron chi connectivity index (χ4n) is 2.92. The Hall–Kier alpha value is -2.24. The Balaban J connectivity index is 0.00000169. The molecule has 2 N–H and O–H groups in total. The van der Waals surface area contributed by atoms with Gasteiger partial charge in [-0.15, -0.1) is 12.4 Å². The molecule has 0 saturated carbocycles. The highest BCUT2D eigenvalue weighted by molar-refractivity contribution is 5.94. The molecule has 0 atom stereocenters. The Morgan fingerprint density at radius 1 is 1.00 bits per heavy atom. The van der Waals surface area contributed by atoms with Crippen LogP contribution in [0.1, 0.15) is 27.0 Å². The largest absolute Gasteiger partial charge is 0.486 e. The minimum atomic E-state index is -0.0606. The van der Waals surface area contributed by atoms with E-state index in [1.54, 1.807) is 0 Å². The SMILES string of the molecule is Cl.O=C(NCc1ccc2c(c1)OCCO2)c1ccc2c(c1)CNC2. The summed E-state index contributed by atoms with van der Waals surface area (Å²) in [7, 11) is 0. The Bertz CT molecular complexity index is 764. The van der Waals surface area contributed by atoms with Crippen LogP contribution in [0, 0.1) is 0 Å². The van der Waals surface area contributed by atoms with Gasteiger partial charge in [-0.3, -0.25) is 4.79 Å². The summed E-state index contributed by atoms with van der Waals surface area (Å²) in [5.74, 6) is 1.44. The van der Waals surface area contributed by atoms with Crippen molar-refractivity contribution in [3.8, 4) is 11.5 Å². The summed E-state index contributed by atoms with van der Waals surface area (Å²) < 4.78 is 11.1. The zero-order chi connectivity index (χ0) is 15.6. The standard InChI is InChI=1S/C18H18N2O3.ClH/c21-18(13-2-3-14-10-19-11-15(14)8-13)20-9-12-1-4-16-17(7-12)23-6-5-22-16;/h1-4,7-8,19H,5-6,9-11H2,(H,20,21);1H. The highest BCUT2D eigenvalue weighted by atomic mass is 35.5. The van der Waals surface area contributed by atoms with Gasteiger partial charge in [0.15, 0.2) is 11.5 Å². The molecule has 0 bridgehead atoms. The maximum absolute atomic E-state index is 12.3. The average Bonchev–Trinajstić information content (AvgIpc) is 3.07. The van der Waals surface area contributed by atoms with Gasteiger partial charge in [0.1, 0.15) is 13.2 Å². The lowest BCUT2D eigenvalue weighted by molar-refractivity contribution is 0.0950. The molecule has 0 saturated heterocycles.